The molecule has 0 aromatic rings. The van der Waals surface area contributed by atoms with Crippen LogP contribution >= 0.6 is 7.59 Å². The number of hydrogen-bond donors (Lipinski definition) is 1. The molecule has 0 rings (SSSR count). The first-order valence-electron chi connectivity index (χ1n) is 3.67. The van der Waals surface area contributed by atoms with Crippen molar-refractivity contribution in [1.29, 1.82) is 0 Å². The lowest BCUT2D eigenvalue weighted by molar-refractivity contribution is 0.415. The Bertz CT molecular complexity index is 160. The van der Waals surface area contributed by atoms with Crippen LogP contribution in [-0.2, 0) is 4.57 Å². The van der Waals surface area contributed by atoms with Crippen molar-refractivity contribution in [3.8, 4) is 0 Å². The lowest BCUT2D eigenvalue weighted by Crippen LogP contribution is -2.31. The SMILES string of the molecule is CCN(C)P(=O)(NC)N(C)C. The molecule has 0 aliphatic heterocycles. The summed E-state index contributed by atoms with van der Waals surface area (Å²) in [5, 5.41) is 2.84. The van der Waals surface area contributed by atoms with Crippen LogP contribution in [-0.4, -0.2) is 44.1 Å². The van der Waals surface area contributed by atoms with Gasteiger partial charge >= 0.3 is 0 Å². The smallest absolute Gasteiger partial charge is 0.271 e. The average molecular weight is 179 g/mol. The number of nitrogens with zero attached hydrogens (tertiary/aromatic N) is 2. The second-order valence-corrected chi connectivity index (χ2v) is 5.61. The Morgan fingerprint density at radius 3 is 1.91 bits per heavy atom. The maximum absolute atomic E-state index is 12.0. The van der Waals surface area contributed by atoms with Gasteiger partial charge in [0, 0.05) is 6.54 Å². The molecular weight excluding hydrogens is 161 g/mol. The highest BCUT2D eigenvalue weighted by Gasteiger charge is 2.26. The molecule has 0 aliphatic rings. The van der Waals surface area contributed by atoms with Crippen molar-refractivity contribution in [3.63, 3.8) is 0 Å². The molecule has 0 aromatic heterocycles. The van der Waals surface area contributed by atoms with Crippen LogP contribution in [0.5, 0.6) is 0 Å². The minimum atomic E-state index is -2.45. The molecule has 0 saturated carbocycles. The van der Waals surface area contributed by atoms with Crippen LogP contribution in [0.3, 0.4) is 0 Å². The van der Waals surface area contributed by atoms with E-state index in [9.17, 15) is 4.57 Å². The van der Waals surface area contributed by atoms with Crippen molar-refractivity contribution >= 4 is 7.59 Å². The normalized spacial score (nSPS) is 17.4. The van der Waals surface area contributed by atoms with Gasteiger partial charge in [0.1, 0.15) is 0 Å². The Hall–Kier alpha value is 0.110. The summed E-state index contributed by atoms with van der Waals surface area (Å²) in [6, 6.07) is 0. The zero-order chi connectivity index (χ0) is 9.07. The second-order valence-electron chi connectivity index (χ2n) is 2.59. The molecule has 11 heavy (non-hydrogen) atoms. The first kappa shape index (κ1) is 11.1. The summed E-state index contributed by atoms with van der Waals surface area (Å²) in [7, 11) is 4.73. The molecule has 68 valence electrons. The Kier molecular flexibility index (Phi) is 4.26. The highest BCUT2D eigenvalue weighted by Crippen LogP contribution is 2.44. The van der Waals surface area contributed by atoms with E-state index in [0.717, 1.165) is 6.54 Å². The predicted molar refractivity (Wildman–Crippen MR) is 48.7 cm³/mol. The quantitative estimate of drug-likeness (QED) is 0.648. The van der Waals surface area contributed by atoms with E-state index < -0.39 is 7.59 Å². The van der Waals surface area contributed by atoms with E-state index in [1.807, 2.05) is 32.7 Å². The third-order valence-electron chi connectivity index (χ3n) is 1.75. The molecule has 1 unspecified atom stereocenters. The maximum Gasteiger partial charge on any atom is 0.283 e. The molecule has 1 N–H and O–H groups in total. The number of hydrogen-bond acceptors (Lipinski definition) is 1. The van der Waals surface area contributed by atoms with Crippen molar-refractivity contribution < 1.29 is 4.57 Å². The van der Waals surface area contributed by atoms with Gasteiger partial charge in [-0.05, 0) is 28.2 Å². The third-order valence-corrected chi connectivity index (χ3v) is 4.63. The van der Waals surface area contributed by atoms with Crippen LogP contribution in [0.1, 0.15) is 6.92 Å². The Balaban J connectivity index is 4.47. The van der Waals surface area contributed by atoms with Crippen LogP contribution in [0, 0.1) is 0 Å². The fourth-order valence-corrected chi connectivity index (χ4v) is 2.60. The summed E-state index contributed by atoms with van der Waals surface area (Å²) in [6.45, 7) is 2.75. The van der Waals surface area contributed by atoms with Gasteiger partial charge < -0.3 is 0 Å². The number of rotatable bonds is 4. The standard InChI is InChI=1S/C6H18N3OP/c1-6-9(5)11(10,7-2)8(3)4/h6H2,1-5H3,(H,7,10). The topological polar surface area (TPSA) is 35.6 Å². The van der Waals surface area contributed by atoms with Gasteiger partial charge in [0.2, 0.25) is 0 Å². The zero-order valence-electron chi connectivity index (χ0n) is 7.96. The first-order valence-corrected chi connectivity index (χ1v) is 5.28. The van der Waals surface area contributed by atoms with Crippen LogP contribution in [0.2, 0.25) is 0 Å². The van der Waals surface area contributed by atoms with E-state index in [1.165, 1.54) is 0 Å². The fourth-order valence-electron chi connectivity index (χ4n) is 0.868. The van der Waals surface area contributed by atoms with Crippen LogP contribution < -0.4 is 5.09 Å². The first-order chi connectivity index (χ1) is 4.99. The Morgan fingerprint density at radius 1 is 1.36 bits per heavy atom. The van der Waals surface area contributed by atoms with Gasteiger partial charge in [0.15, 0.2) is 0 Å². The number of nitrogens with one attached hydrogen (secondary N) is 1. The fraction of sp³-hybridized carbons (Fsp3) is 1.00. The molecule has 0 heterocycles. The van der Waals surface area contributed by atoms with Crippen molar-refractivity contribution in [1.82, 2.24) is 14.4 Å². The minimum absolute atomic E-state index is 0.774. The summed E-state index contributed by atoms with van der Waals surface area (Å²) in [5.74, 6) is 0. The van der Waals surface area contributed by atoms with Gasteiger partial charge in [-0.1, -0.05) is 6.92 Å². The molecule has 0 fully saturated rings. The zero-order valence-corrected chi connectivity index (χ0v) is 8.85. The van der Waals surface area contributed by atoms with Crippen LogP contribution in [0.4, 0.5) is 0 Å². The van der Waals surface area contributed by atoms with E-state index >= 15 is 0 Å². The molecule has 0 spiro atoms. The van der Waals surface area contributed by atoms with Gasteiger partial charge in [-0.15, -0.1) is 0 Å². The molecule has 5 heteroatoms. The average Bonchev–Trinajstić information content (AvgIpc) is 2.01. The second kappa shape index (κ2) is 4.21. The van der Waals surface area contributed by atoms with E-state index in [4.69, 9.17) is 0 Å². The van der Waals surface area contributed by atoms with E-state index in [2.05, 4.69) is 5.09 Å². The summed E-state index contributed by atoms with van der Waals surface area (Å²) >= 11 is 0. The highest BCUT2D eigenvalue weighted by molar-refractivity contribution is 7.56. The van der Waals surface area contributed by atoms with Crippen LogP contribution in [0.15, 0.2) is 0 Å². The molecule has 4 nitrogen and oxygen atoms in total. The van der Waals surface area contributed by atoms with Gasteiger partial charge in [-0.2, -0.15) is 0 Å². The molecule has 0 bridgehead atoms. The molecule has 0 amide bonds. The minimum Gasteiger partial charge on any atom is -0.271 e. The lowest BCUT2D eigenvalue weighted by atomic mass is 10.8. The van der Waals surface area contributed by atoms with Gasteiger partial charge in [0.05, 0.1) is 0 Å². The lowest BCUT2D eigenvalue weighted by Gasteiger charge is -2.31. The molecule has 0 aliphatic carbocycles. The Morgan fingerprint density at radius 2 is 1.82 bits per heavy atom. The summed E-state index contributed by atoms with van der Waals surface area (Å²) in [6.07, 6.45) is 0. The van der Waals surface area contributed by atoms with E-state index in [1.54, 1.807) is 11.7 Å². The molecule has 0 aromatic carbocycles. The predicted octanol–water partition coefficient (Wildman–Crippen LogP) is 0.827. The monoisotopic (exact) mass is 179 g/mol. The largest absolute Gasteiger partial charge is 0.283 e. The van der Waals surface area contributed by atoms with Crippen molar-refractivity contribution in [2.75, 3.05) is 34.7 Å². The van der Waals surface area contributed by atoms with Crippen molar-refractivity contribution in [2.24, 2.45) is 0 Å². The molecule has 0 radical (unpaired) electrons. The Labute approximate surface area is 69.1 Å². The summed E-state index contributed by atoms with van der Waals surface area (Å²) in [5.41, 5.74) is 0. The van der Waals surface area contributed by atoms with Crippen molar-refractivity contribution in [3.05, 3.63) is 0 Å². The van der Waals surface area contributed by atoms with Gasteiger partial charge in [-0.25, -0.2) is 14.4 Å². The van der Waals surface area contributed by atoms with E-state index in [0.29, 0.717) is 0 Å². The highest BCUT2D eigenvalue weighted by atomic mass is 31.2. The molecule has 0 saturated heterocycles. The third kappa shape index (κ3) is 2.27. The molecule has 1 atom stereocenters. The summed E-state index contributed by atoms with van der Waals surface area (Å²) in [4.78, 5) is 0. The molecular formula is C6H18N3OP. The van der Waals surface area contributed by atoms with Gasteiger partial charge in [-0.3, -0.25) is 4.57 Å². The van der Waals surface area contributed by atoms with E-state index in [-0.39, 0.29) is 0 Å². The maximum atomic E-state index is 12.0. The van der Waals surface area contributed by atoms with Crippen molar-refractivity contribution in [2.45, 2.75) is 6.92 Å². The van der Waals surface area contributed by atoms with Crippen LogP contribution in [0.25, 0.3) is 0 Å². The summed E-state index contributed by atoms with van der Waals surface area (Å²) < 4.78 is 15.5. The van der Waals surface area contributed by atoms with Gasteiger partial charge in [0.25, 0.3) is 7.59 Å².